The van der Waals surface area contributed by atoms with Gasteiger partial charge in [-0.25, -0.2) is 9.07 Å². The zero-order valence-corrected chi connectivity index (χ0v) is 14.0. The normalized spacial score (nSPS) is 15.8. The molecule has 1 fully saturated rings. The van der Waals surface area contributed by atoms with E-state index in [1.807, 2.05) is 6.92 Å². The highest BCUT2D eigenvalue weighted by atomic mass is 19.1. The number of rotatable bonds is 3. The second-order valence-electron chi connectivity index (χ2n) is 6.53. The minimum Gasteiger partial charge on any atom is -0.423 e. The van der Waals surface area contributed by atoms with E-state index < -0.39 is 0 Å². The first-order valence-electron chi connectivity index (χ1n) is 8.44. The number of aryl methyl sites for hydroxylation is 1. The van der Waals surface area contributed by atoms with Crippen molar-refractivity contribution in [1.82, 2.24) is 14.8 Å². The summed E-state index contributed by atoms with van der Waals surface area (Å²) in [6.07, 6.45) is 1.85. The van der Waals surface area contributed by atoms with Crippen LogP contribution >= 0.6 is 0 Å². The highest BCUT2D eigenvalue weighted by Gasteiger charge is 2.23. The van der Waals surface area contributed by atoms with Gasteiger partial charge >= 0.3 is 0 Å². The number of piperidine rings is 1. The van der Waals surface area contributed by atoms with E-state index in [0.29, 0.717) is 29.6 Å². The molecule has 4 rings (SSSR count). The van der Waals surface area contributed by atoms with Crippen LogP contribution in [0, 0.1) is 18.7 Å². The van der Waals surface area contributed by atoms with E-state index in [-0.39, 0.29) is 11.4 Å². The molecule has 1 saturated heterocycles. The molecule has 0 amide bonds. The lowest BCUT2D eigenvalue weighted by Crippen LogP contribution is -2.37. The van der Waals surface area contributed by atoms with Crippen LogP contribution in [0.15, 0.2) is 39.5 Å². The molecule has 0 bridgehead atoms. The lowest BCUT2D eigenvalue weighted by atomic mass is 9.97. The van der Waals surface area contributed by atoms with Crippen molar-refractivity contribution in [2.45, 2.75) is 26.3 Å². The molecule has 7 heteroatoms. The molecule has 0 aliphatic carbocycles. The molecular formula is C18H19FN4O2. The summed E-state index contributed by atoms with van der Waals surface area (Å²) in [5.74, 6) is 0.0649. The zero-order chi connectivity index (χ0) is 17.4. The van der Waals surface area contributed by atoms with Gasteiger partial charge in [-0.1, -0.05) is 0 Å². The molecule has 130 valence electrons. The fraction of sp³-hybridized carbons (Fsp3) is 0.389. The minimum atomic E-state index is -0.329. The summed E-state index contributed by atoms with van der Waals surface area (Å²) in [5.41, 5.74) is 1.91. The Bertz CT molecular complexity index is 957. The first kappa shape index (κ1) is 15.8. The molecule has 0 saturated carbocycles. The van der Waals surface area contributed by atoms with Gasteiger partial charge in [0, 0.05) is 31.8 Å². The quantitative estimate of drug-likeness (QED) is 0.732. The summed E-state index contributed by atoms with van der Waals surface area (Å²) in [6, 6.07) is 8.19. The number of nitrogens with zero attached hydrogens (tertiary/aromatic N) is 4. The summed E-state index contributed by atoms with van der Waals surface area (Å²) < 4.78 is 20.5. The van der Waals surface area contributed by atoms with Gasteiger partial charge in [0.2, 0.25) is 0 Å². The van der Waals surface area contributed by atoms with E-state index in [4.69, 9.17) is 4.42 Å². The van der Waals surface area contributed by atoms with Crippen LogP contribution in [0.5, 0.6) is 0 Å². The van der Waals surface area contributed by atoms with Gasteiger partial charge in [-0.2, -0.15) is 10.1 Å². The number of fused-ring (bicyclic) bond motifs is 1. The third-order valence-electron chi connectivity index (χ3n) is 4.66. The second-order valence-corrected chi connectivity index (χ2v) is 6.53. The molecule has 3 aromatic rings. The van der Waals surface area contributed by atoms with E-state index in [2.05, 4.69) is 15.0 Å². The van der Waals surface area contributed by atoms with Gasteiger partial charge in [-0.3, -0.25) is 4.79 Å². The summed E-state index contributed by atoms with van der Waals surface area (Å²) >= 11 is 0. The van der Waals surface area contributed by atoms with E-state index in [1.54, 1.807) is 22.9 Å². The van der Waals surface area contributed by atoms with Crippen molar-refractivity contribution in [3.8, 4) is 0 Å². The number of halogens is 1. The molecule has 25 heavy (non-hydrogen) atoms. The van der Waals surface area contributed by atoms with Gasteiger partial charge in [0.1, 0.15) is 11.3 Å². The fourth-order valence-electron chi connectivity index (χ4n) is 3.25. The number of aromatic nitrogens is 3. The molecule has 0 spiro atoms. The van der Waals surface area contributed by atoms with E-state index in [0.717, 1.165) is 31.6 Å². The van der Waals surface area contributed by atoms with Crippen molar-refractivity contribution in [2.24, 2.45) is 5.92 Å². The van der Waals surface area contributed by atoms with Crippen LogP contribution in [0.1, 0.15) is 18.5 Å². The Morgan fingerprint density at radius 1 is 1.24 bits per heavy atom. The van der Waals surface area contributed by atoms with Crippen molar-refractivity contribution in [1.29, 1.82) is 0 Å². The monoisotopic (exact) mass is 342 g/mol. The van der Waals surface area contributed by atoms with E-state index in [1.165, 1.54) is 12.1 Å². The maximum Gasteiger partial charge on any atom is 0.298 e. The van der Waals surface area contributed by atoms with Crippen LogP contribution in [0.3, 0.4) is 0 Å². The Morgan fingerprint density at radius 2 is 2.04 bits per heavy atom. The smallest absolute Gasteiger partial charge is 0.298 e. The topological polar surface area (TPSA) is 64.2 Å². The molecular weight excluding hydrogens is 323 g/mol. The highest BCUT2D eigenvalue weighted by Crippen LogP contribution is 2.27. The van der Waals surface area contributed by atoms with Crippen LogP contribution in [0.25, 0.3) is 11.1 Å². The standard InChI is InChI=1S/C18H19FN4O2/c1-12-2-5-17(24)23(21-12)11-13-6-8-22(9-7-13)18-20-15-4-3-14(19)10-16(15)25-18/h2-5,10,13H,6-9,11H2,1H3. The van der Waals surface area contributed by atoms with Crippen molar-refractivity contribution in [3.63, 3.8) is 0 Å². The Labute approximate surface area is 143 Å². The molecule has 1 aliphatic heterocycles. The highest BCUT2D eigenvalue weighted by molar-refractivity contribution is 5.74. The molecule has 3 heterocycles. The van der Waals surface area contributed by atoms with Crippen LogP contribution in [0.2, 0.25) is 0 Å². The third kappa shape index (κ3) is 3.26. The molecule has 0 unspecified atom stereocenters. The van der Waals surface area contributed by atoms with Gasteiger partial charge < -0.3 is 9.32 Å². The van der Waals surface area contributed by atoms with Crippen molar-refractivity contribution in [3.05, 3.63) is 52.2 Å². The van der Waals surface area contributed by atoms with Crippen molar-refractivity contribution >= 4 is 17.1 Å². The number of hydrogen-bond donors (Lipinski definition) is 0. The Balaban J connectivity index is 1.43. The van der Waals surface area contributed by atoms with Crippen LogP contribution in [-0.2, 0) is 6.54 Å². The summed E-state index contributed by atoms with van der Waals surface area (Å²) in [4.78, 5) is 18.4. The number of benzene rings is 1. The average molecular weight is 342 g/mol. The van der Waals surface area contributed by atoms with E-state index in [9.17, 15) is 9.18 Å². The number of anilines is 1. The average Bonchev–Trinajstić information content (AvgIpc) is 3.02. The number of hydrogen-bond acceptors (Lipinski definition) is 5. The van der Waals surface area contributed by atoms with Gasteiger partial charge in [0.05, 0.1) is 5.69 Å². The molecule has 0 N–H and O–H groups in total. The predicted octanol–water partition coefficient (Wildman–Crippen LogP) is 2.75. The second kappa shape index (κ2) is 6.31. The largest absolute Gasteiger partial charge is 0.423 e. The number of oxazole rings is 1. The maximum absolute atomic E-state index is 13.3. The summed E-state index contributed by atoms with van der Waals surface area (Å²) in [6.45, 7) is 4.10. The van der Waals surface area contributed by atoms with Crippen LogP contribution < -0.4 is 10.5 Å². The minimum absolute atomic E-state index is 0.0611. The lowest BCUT2D eigenvalue weighted by molar-refractivity contribution is 0.327. The van der Waals surface area contributed by atoms with E-state index >= 15 is 0 Å². The molecule has 6 nitrogen and oxygen atoms in total. The van der Waals surface area contributed by atoms with Gasteiger partial charge in [-0.05, 0) is 43.9 Å². The van der Waals surface area contributed by atoms with Crippen LogP contribution in [0.4, 0.5) is 10.4 Å². The molecule has 0 atom stereocenters. The van der Waals surface area contributed by atoms with Crippen molar-refractivity contribution in [2.75, 3.05) is 18.0 Å². The van der Waals surface area contributed by atoms with Gasteiger partial charge in [0.25, 0.3) is 11.6 Å². The van der Waals surface area contributed by atoms with Crippen molar-refractivity contribution < 1.29 is 8.81 Å². The SMILES string of the molecule is Cc1ccc(=O)n(CC2CCN(c3nc4ccc(F)cc4o3)CC2)n1. The van der Waals surface area contributed by atoms with Gasteiger partial charge in [0.15, 0.2) is 5.58 Å². The first-order chi connectivity index (χ1) is 12.1. The van der Waals surface area contributed by atoms with Gasteiger partial charge in [-0.15, -0.1) is 0 Å². The lowest BCUT2D eigenvalue weighted by Gasteiger charge is -2.30. The summed E-state index contributed by atoms with van der Waals surface area (Å²) in [7, 11) is 0. The third-order valence-corrected chi connectivity index (χ3v) is 4.66. The zero-order valence-electron chi connectivity index (χ0n) is 14.0. The molecule has 2 aromatic heterocycles. The molecule has 1 aromatic carbocycles. The maximum atomic E-state index is 13.3. The van der Waals surface area contributed by atoms with Crippen LogP contribution in [-0.4, -0.2) is 27.9 Å². The fourth-order valence-corrected chi connectivity index (χ4v) is 3.25. The first-order valence-corrected chi connectivity index (χ1v) is 8.44. The predicted molar refractivity (Wildman–Crippen MR) is 92.1 cm³/mol. The molecule has 1 aliphatic rings. The Morgan fingerprint density at radius 3 is 2.84 bits per heavy atom. The molecule has 0 radical (unpaired) electrons. The Kier molecular flexibility index (Phi) is 3.99. The summed E-state index contributed by atoms with van der Waals surface area (Å²) in [5, 5.41) is 4.31. The Hall–Kier alpha value is -2.70.